The molecule has 1 aromatic rings. The van der Waals surface area contributed by atoms with Crippen molar-refractivity contribution in [2.24, 2.45) is 5.92 Å². The predicted octanol–water partition coefficient (Wildman–Crippen LogP) is 3.09. The molecule has 2 aliphatic rings. The van der Waals surface area contributed by atoms with Crippen LogP contribution in [-0.4, -0.2) is 18.0 Å². The van der Waals surface area contributed by atoms with Gasteiger partial charge in [-0.3, -0.25) is 4.79 Å². The second-order valence-electron chi connectivity index (χ2n) is 6.88. The van der Waals surface area contributed by atoms with E-state index in [1.807, 2.05) is 0 Å². The van der Waals surface area contributed by atoms with Gasteiger partial charge in [-0.2, -0.15) is 0 Å². The molecule has 2 fully saturated rings. The number of nitrogens with one attached hydrogen (secondary N) is 2. The molecule has 3 heteroatoms. The summed E-state index contributed by atoms with van der Waals surface area (Å²) in [6.45, 7) is 4.15. The van der Waals surface area contributed by atoms with Crippen molar-refractivity contribution in [3.63, 3.8) is 0 Å². The highest BCUT2D eigenvalue weighted by Crippen LogP contribution is 2.32. The van der Waals surface area contributed by atoms with Crippen molar-refractivity contribution in [3.8, 4) is 0 Å². The Labute approximate surface area is 127 Å². The Balaban J connectivity index is 1.50. The van der Waals surface area contributed by atoms with Crippen LogP contribution in [-0.2, 0) is 4.79 Å². The van der Waals surface area contributed by atoms with Crippen LogP contribution in [0.5, 0.6) is 0 Å². The Morgan fingerprint density at radius 3 is 2.48 bits per heavy atom. The van der Waals surface area contributed by atoms with E-state index in [0.29, 0.717) is 24.4 Å². The first-order valence-corrected chi connectivity index (χ1v) is 8.22. The SMILES string of the molecule is Cc1ccc(C(C)NC(=O)CC2CC3CCC(C2)N3)cc1. The van der Waals surface area contributed by atoms with Gasteiger partial charge < -0.3 is 10.6 Å². The zero-order chi connectivity index (χ0) is 14.8. The maximum Gasteiger partial charge on any atom is 0.220 e. The van der Waals surface area contributed by atoms with Gasteiger partial charge in [0.1, 0.15) is 0 Å². The number of aryl methyl sites for hydroxylation is 1. The van der Waals surface area contributed by atoms with Crippen LogP contribution in [0.15, 0.2) is 24.3 Å². The number of amides is 1. The lowest BCUT2D eigenvalue weighted by Crippen LogP contribution is -2.40. The summed E-state index contributed by atoms with van der Waals surface area (Å²) in [4.78, 5) is 12.3. The minimum absolute atomic E-state index is 0.0940. The second-order valence-corrected chi connectivity index (χ2v) is 6.88. The quantitative estimate of drug-likeness (QED) is 0.893. The van der Waals surface area contributed by atoms with Crippen LogP contribution in [0.4, 0.5) is 0 Å². The van der Waals surface area contributed by atoms with Gasteiger partial charge in [-0.05, 0) is 51.0 Å². The topological polar surface area (TPSA) is 41.1 Å². The normalized spacial score (nSPS) is 29.1. The lowest BCUT2D eigenvalue weighted by atomic mass is 9.89. The molecule has 114 valence electrons. The first kappa shape index (κ1) is 14.6. The number of benzene rings is 1. The van der Waals surface area contributed by atoms with Gasteiger partial charge in [0.05, 0.1) is 6.04 Å². The zero-order valence-electron chi connectivity index (χ0n) is 13.1. The van der Waals surface area contributed by atoms with Crippen LogP contribution in [0.25, 0.3) is 0 Å². The molecule has 2 N–H and O–H groups in total. The number of hydrogen-bond acceptors (Lipinski definition) is 2. The van der Waals surface area contributed by atoms with Crippen molar-refractivity contribution < 1.29 is 4.79 Å². The van der Waals surface area contributed by atoms with E-state index in [2.05, 4.69) is 48.7 Å². The lowest BCUT2D eigenvalue weighted by Gasteiger charge is -2.29. The molecule has 3 atom stereocenters. The smallest absolute Gasteiger partial charge is 0.220 e. The third-order valence-corrected chi connectivity index (χ3v) is 5.00. The van der Waals surface area contributed by atoms with E-state index >= 15 is 0 Å². The molecule has 2 saturated heterocycles. The standard InChI is InChI=1S/C18H26N2O/c1-12-3-5-15(6-4-12)13(2)19-18(21)11-14-9-16-7-8-17(10-14)20-16/h3-6,13-14,16-17,20H,7-11H2,1-2H3,(H,19,21). The van der Waals surface area contributed by atoms with Crippen molar-refractivity contribution in [2.45, 2.75) is 64.1 Å². The van der Waals surface area contributed by atoms with Gasteiger partial charge in [0.25, 0.3) is 0 Å². The molecule has 0 spiro atoms. The van der Waals surface area contributed by atoms with E-state index in [9.17, 15) is 4.79 Å². The summed E-state index contributed by atoms with van der Waals surface area (Å²) >= 11 is 0. The molecule has 21 heavy (non-hydrogen) atoms. The molecule has 0 aromatic heterocycles. The van der Waals surface area contributed by atoms with Gasteiger partial charge >= 0.3 is 0 Å². The third-order valence-electron chi connectivity index (χ3n) is 5.00. The Morgan fingerprint density at radius 2 is 1.86 bits per heavy atom. The van der Waals surface area contributed by atoms with Crippen LogP contribution >= 0.6 is 0 Å². The van der Waals surface area contributed by atoms with Crippen LogP contribution in [0.2, 0.25) is 0 Å². The maximum atomic E-state index is 12.3. The number of carbonyl (C=O) groups excluding carboxylic acids is 1. The number of rotatable bonds is 4. The van der Waals surface area contributed by atoms with E-state index in [1.54, 1.807) is 0 Å². The van der Waals surface area contributed by atoms with Crippen LogP contribution in [0, 0.1) is 12.8 Å². The second kappa shape index (κ2) is 6.18. The molecule has 2 heterocycles. The molecule has 0 radical (unpaired) electrons. The molecule has 1 aromatic carbocycles. The Bertz CT molecular complexity index is 484. The fraction of sp³-hybridized carbons (Fsp3) is 0.611. The number of hydrogen-bond donors (Lipinski definition) is 2. The Kier molecular flexibility index (Phi) is 4.29. The first-order valence-electron chi connectivity index (χ1n) is 8.22. The van der Waals surface area contributed by atoms with Crippen LogP contribution in [0.1, 0.15) is 56.2 Å². The number of piperidine rings is 1. The Morgan fingerprint density at radius 1 is 1.24 bits per heavy atom. The average molecular weight is 286 g/mol. The highest BCUT2D eigenvalue weighted by molar-refractivity contribution is 5.76. The Hall–Kier alpha value is -1.35. The average Bonchev–Trinajstić information content (AvgIpc) is 2.78. The fourth-order valence-electron chi connectivity index (χ4n) is 3.84. The number of carbonyl (C=O) groups is 1. The van der Waals surface area contributed by atoms with E-state index in [-0.39, 0.29) is 11.9 Å². The van der Waals surface area contributed by atoms with E-state index in [4.69, 9.17) is 0 Å². The minimum atomic E-state index is 0.0940. The van der Waals surface area contributed by atoms with Crippen LogP contribution in [0.3, 0.4) is 0 Å². The minimum Gasteiger partial charge on any atom is -0.350 e. The van der Waals surface area contributed by atoms with Crippen molar-refractivity contribution in [1.29, 1.82) is 0 Å². The van der Waals surface area contributed by atoms with Gasteiger partial charge in [-0.1, -0.05) is 29.8 Å². The molecule has 3 unspecified atom stereocenters. The van der Waals surface area contributed by atoms with Crippen molar-refractivity contribution in [1.82, 2.24) is 10.6 Å². The summed E-state index contributed by atoms with van der Waals surface area (Å²) in [7, 11) is 0. The fourth-order valence-corrected chi connectivity index (χ4v) is 3.84. The van der Waals surface area contributed by atoms with Gasteiger partial charge in [0.15, 0.2) is 0 Å². The molecule has 3 nitrogen and oxygen atoms in total. The summed E-state index contributed by atoms with van der Waals surface area (Å²) in [6.07, 6.45) is 5.61. The van der Waals surface area contributed by atoms with Gasteiger partial charge in [0.2, 0.25) is 5.91 Å². The molecule has 2 bridgehead atoms. The maximum absolute atomic E-state index is 12.3. The van der Waals surface area contributed by atoms with Gasteiger partial charge in [-0.15, -0.1) is 0 Å². The summed E-state index contributed by atoms with van der Waals surface area (Å²) in [5.74, 6) is 0.767. The molecule has 1 amide bonds. The van der Waals surface area contributed by atoms with Crippen molar-refractivity contribution in [2.75, 3.05) is 0 Å². The third kappa shape index (κ3) is 3.65. The molecule has 3 rings (SSSR count). The molecule has 0 saturated carbocycles. The van der Waals surface area contributed by atoms with Crippen LogP contribution < -0.4 is 10.6 Å². The number of fused-ring (bicyclic) bond motifs is 2. The summed E-state index contributed by atoms with van der Waals surface area (Å²) in [5, 5.41) is 6.79. The predicted molar refractivity (Wildman–Crippen MR) is 85.0 cm³/mol. The summed E-state index contributed by atoms with van der Waals surface area (Å²) in [5.41, 5.74) is 2.43. The zero-order valence-corrected chi connectivity index (χ0v) is 13.1. The largest absolute Gasteiger partial charge is 0.350 e. The van der Waals surface area contributed by atoms with E-state index < -0.39 is 0 Å². The van der Waals surface area contributed by atoms with E-state index in [0.717, 1.165) is 0 Å². The highest BCUT2D eigenvalue weighted by atomic mass is 16.1. The molecular formula is C18H26N2O. The molecule has 2 aliphatic heterocycles. The summed E-state index contributed by atoms with van der Waals surface area (Å²) in [6, 6.07) is 9.82. The monoisotopic (exact) mass is 286 g/mol. The summed E-state index contributed by atoms with van der Waals surface area (Å²) < 4.78 is 0. The highest BCUT2D eigenvalue weighted by Gasteiger charge is 2.34. The van der Waals surface area contributed by atoms with Gasteiger partial charge in [-0.25, -0.2) is 0 Å². The van der Waals surface area contributed by atoms with Gasteiger partial charge in [0, 0.05) is 18.5 Å². The van der Waals surface area contributed by atoms with E-state index in [1.165, 1.54) is 36.8 Å². The molecule has 0 aliphatic carbocycles. The first-order chi connectivity index (χ1) is 10.1. The van der Waals surface area contributed by atoms with Crippen molar-refractivity contribution >= 4 is 5.91 Å². The molecular weight excluding hydrogens is 260 g/mol. The lowest BCUT2D eigenvalue weighted by molar-refractivity contribution is -0.122. The van der Waals surface area contributed by atoms with Crippen molar-refractivity contribution in [3.05, 3.63) is 35.4 Å².